The number of hydrogen-bond acceptors (Lipinski definition) is 3. The summed E-state index contributed by atoms with van der Waals surface area (Å²) >= 11 is 5.96. The summed E-state index contributed by atoms with van der Waals surface area (Å²) in [5.74, 6) is -0.256. The molecule has 0 spiro atoms. The zero-order valence-corrected chi connectivity index (χ0v) is 14.3. The Morgan fingerprint density at radius 1 is 1.32 bits per heavy atom. The second kappa shape index (κ2) is 7.93. The van der Waals surface area contributed by atoms with Gasteiger partial charge in [0.05, 0.1) is 12.2 Å². The van der Waals surface area contributed by atoms with Crippen molar-refractivity contribution in [1.29, 1.82) is 0 Å². The second-order valence-corrected chi connectivity index (χ2v) is 6.50. The Hall–Kier alpha value is -1.99. The van der Waals surface area contributed by atoms with E-state index in [1.807, 2.05) is 12.1 Å². The van der Waals surface area contributed by atoms with Gasteiger partial charge in [0, 0.05) is 30.4 Å². The number of halogens is 3. The average molecular weight is 369 g/mol. The number of hydrogen-bond donors (Lipinski definition) is 1. The van der Waals surface area contributed by atoms with Crippen molar-refractivity contribution in [3.05, 3.63) is 47.2 Å². The van der Waals surface area contributed by atoms with Gasteiger partial charge in [-0.25, -0.2) is 13.5 Å². The number of benzene rings is 1. The molecule has 1 aliphatic rings. The van der Waals surface area contributed by atoms with Crippen LogP contribution in [0.4, 0.5) is 8.78 Å². The van der Waals surface area contributed by atoms with Gasteiger partial charge in [-0.3, -0.25) is 9.69 Å². The Morgan fingerprint density at radius 2 is 2.08 bits per heavy atom. The minimum absolute atomic E-state index is 0.0160. The molecule has 1 aliphatic heterocycles. The summed E-state index contributed by atoms with van der Waals surface area (Å²) in [7, 11) is 0. The third-order valence-corrected chi connectivity index (χ3v) is 4.45. The number of aromatic nitrogens is 2. The lowest BCUT2D eigenvalue weighted by Gasteiger charge is -2.31. The highest BCUT2D eigenvalue weighted by molar-refractivity contribution is 6.30. The largest absolute Gasteiger partial charge is 0.348 e. The van der Waals surface area contributed by atoms with Crippen LogP contribution in [0.3, 0.4) is 0 Å². The normalized spacial score (nSPS) is 16.3. The van der Waals surface area contributed by atoms with Gasteiger partial charge in [-0.2, -0.15) is 5.10 Å². The number of amides is 1. The molecule has 2 aromatic rings. The molecule has 1 fully saturated rings. The highest BCUT2D eigenvalue weighted by atomic mass is 35.5. The summed E-state index contributed by atoms with van der Waals surface area (Å²) in [6.45, 7) is 0.920. The Balaban J connectivity index is 1.56. The van der Waals surface area contributed by atoms with Crippen LogP contribution in [0.2, 0.25) is 5.02 Å². The molecule has 1 aromatic carbocycles. The van der Waals surface area contributed by atoms with E-state index in [-0.39, 0.29) is 18.5 Å². The molecule has 0 unspecified atom stereocenters. The van der Waals surface area contributed by atoms with Gasteiger partial charge < -0.3 is 5.32 Å². The van der Waals surface area contributed by atoms with Crippen molar-refractivity contribution in [3.63, 3.8) is 0 Å². The molecule has 2 heterocycles. The average Bonchev–Trinajstić information content (AvgIpc) is 3.06. The lowest BCUT2D eigenvalue weighted by Crippen LogP contribution is -2.45. The van der Waals surface area contributed by atoms with E-state index >= 15 is 0 Å². The highest BCUT2D eigenvalue weighted by Crippen LogP contribution is 2.15. The summed E-state index contributed by atoms with van der Waals surface area (Å²) < 4.78 is 26.4. The molecule has 1 amide bonds. The van der Waals surface area contributed by atoms with E-state index in [2.05, 4.69) is 10.4 Å². The maximum Gasteiger partial charge on any atom is 0.272 e. The van der Waals surface area contributed by atoms with Crippen LogP contribution in [0, 0.1) is 0 Å². The molecule has 3 rings (SSSR count). The molecular weight excluding hydrogens is 350 g/mol. The maximum absolute atomic E-state index is 12.4. The van der Waals surface area contributed by atoms with Gasteiger partial charge in [-0.05, 0) is 37.1 Å². The Bertz CT molecular complexity index is 729. The lowest BCUT2D eigenvalue weighted by atomic mass is 10.0. The molecule has 0 saturated carbocycles. The molecule has 1 N–H and O–H groups in total. The minimum Gasteiger partial charge on any atom is -0.348 e. The summed E-state index contributed by atoms with van der Waals surface area (Å²) in [6.07, 6.45) is 0.703. The topological polar surface area (TPSA) is 50.2 Å². The molecule has 0 radical (unpaired) electrons. The van der Waals surface area contributed by atoms with Crippen LogP contribution >= 0.6 is 11.6 Å². The lowest BCUT2D eigenvalue weighted by molar-refractivity contribution is 0.0695. The number of nitrogens with zero attached hydrogens (tertiary/aromatic N) is 3. The second-order valence-electron chi connectivity index (χ2n) is 6.06. The third-order valence-electron chi connectivity index (χ3n) is 4.21. The van der Waals surface area contributed by atoms with E-state index in [1.54, 1.807) is 34.0 Å². The third kappa shape index (κ3) is 4.76. The smallest absolute Gasteiger partial charge is 0.272 e. The number of carbonyl (C=O) groups is 1. The number of likely N-dealkylation sites (tertiary alicyclic amines) is 1. The standard InChI is InChI=1S/C17H19ClF2N4O/c18-12-2-1-3-14(10-12)24-9-6-15(22-24)17(25)21-13-4-7-23(8-5-13)11-16(19)20/h1-3,6,9-10,13,16H,4-5,7-8,11H2,(H,21,25). The van der Waals surface area contributed by atoms with Crippen molar-refractivity contribution in [2.45, 2.75) is 25.3 Å². The first-order valence-electron chi connectivity index (χ1n) is 8.14. The molecule has 5 nitrogen and oxygen atoms in total. The van der Waals surface area contributed by atoms with E-state index in [1.165, 1.54) is 0 Å². The molecule has 8 heteroatoms. The van der Waals surface area contributed by atoms with Crippen molar-refractivity contribution in [3.8, 4) is 5.69 Å². The van der Waals surface area contributed by atoms with E-state index in [0.717, 1.165) is 5.69 Å². The van der Waals surface area contributed by atoms with E-state index in [0.29, 0.717) is 36.6 Å². The first-order valence-corrected chi connectivity index (χ1v) is 8.52. The van der Waals surface area contributed by atoms with Crippen LogP contribution in [-0.4, -0.2) is 52.7 Å². The fourth-order valence-electron chi connectivity index (χ4n) is 2.92. The Kier molecular flexibility index (Phi) is 5.65. The SMILES string of the molecule is O=C(NC1CCN(CC(F)F)CC1)c1ccn(-c2cccc(Cl)c2)n1. The number of rotatable bonds is 5. The van der Waals surface area contributed by atoms with Crippen LogP contribution in [0.25, 0.3) is 5.69 Å². The van der Waals surface area contributed by atoms with Crippen LogP contribution in [0.1, 0.15) is 23.3 Å². The zero-order valence-electron chi connectivity index (χ0n) is 13.5. The molecular formula is C17H19ClF2N4O. The Labute approximate surface area is 149 Å². The summed E-state index contributed by atoms with van der Waals surface area (Å²) in [5.41, 5.74) is 1.09. The quantitative estimate of drug-likeness (QED) is 0.882. The monoisotopic (exact) mass is 368 g/mol. The van der Waals surface area contributed by atoms with E-state index in [4.69, 9.17) is 11.6 Å². The summed E-state index contributed by atoms with van der Waals surface area (Å²) in [6, 6.07) is 8.81. The number of alkyl halides is 2. The first-order chi connectivity index (χ1) is 12.0. The van der Waals surface area contributed by atoms with Gasteiger partial charge in [0.25, 0.3) is 12.3 Å². The van der Waals surface area contributed by atoms with Crippen molar-refractivity contribution in [1.82, 2.24) is 20.0 Å². The van der Waals surface area contributed by atoms with Gasteiger partial charge in [0.1, 0.15) is 0 Å². The molecule has 0 bridgehead atoms. The van der Waals surface area contributed by atoms with E-state index < -0.39 is 6.43 Å². The predicted molar refractivity (Wildman–Crippen MR) is 91.5 cm³/mol. The van der Waals surface area contributed by atoms with Crippen molar-refractivity contribution >= 4 is 17.5 Å². The molecule has 1 saturated heterocycles. The molecule has 25 heavy (non-hydrogen) atoms. The van der Waals surface area contributed by atoms with Crippen molar-refractivity contribution < 1.29 is 13.6 Å². The fraction of sp³-hybridized carbons (Fsp3) is 0.412. The minimum atomic E-state index is -2.32. The molecule has 0 aliphatic carbocycles. The van der Waals surface area contributed by atoms with Gasteiger partial charge in [-0.1, -0.05) is 17.7 Å². The Morgan fingerprint density at radius 3 is 2.76 bits per heavy atom. The van der Waals surface area contributed by atoms with E-state index in [9.17, 15) is 13.6 Å². The number of nitrogens with one attached hydrogen (secondary N) is 1. The fourth-order valence-corrected chi connectivity index (χ4v) is 3.11. The number of carbonyl (C=O) groups excluding carboxylic acids is 1. The summed E-state index contributed by atoms with van der Waals surface area (Å²) in [5, 5.41) is 7.80. The van der Waals surface area contributed by atoms with Crippen LogP contribution in [0.15, 0.2) is 36.5 Å². The van der Waals surface area contributed by atoms with Crippen LogP contribution in [0.5, 0.6) is 0 Å². The van der Waals surface area contributed by atoms with Gasteiger partial charge in [-0.15, -0.1) is 0 Å². The van der Waals surface area contributed by atoms with Crippen molar-refractivity contribution in [2.75, 3.05) is 19.6 Å². The van der Waals surface area contributed by atoms with Crippen LogP contribution < -0.4 is 5.32 Å². The maximum atomic E-state index is 12.4. The predicted octanol–water partition coefficient (Wildman–Crippen LogP) is 2.99. The van der Waals surface area contributed by atoms with Gasteiger partial charge >= 0.3 is 0 Å². The zero-order chi connectivity index (χ0) is 17.8. The molecule has 134 valence electrons. The highest BCUT2D eigenvalue weighted by Gasteiger charge is 2.23. The van der Waals surface area contributed by atoms with Gasteiger partial charge in [0.2, 0.25) is 0 Å². The van der Waals surface area contributed by atoms with Crippen molar-refractivity contribution in [2.24, 2.45) is 0 Å². The number of piperidine rings is 1. The molecule has 1 aromatic heterocycles. The first kappa shape index (κ1) is 17.8. The summed E-state index contributed by atoms with van der Waals surface area (Å²) in [4.78, 5) is 14.1. The molecule has 0 atom stereocenters. The van der Waals surface area contributed by atoms with Crippen LogP contribution in [-0.2, 0) is 0 Å². The van der Waals surface area contributed by atoms with Gasteiger partial charge in [0.15, 0.2) is 5.69 Å².